The van der Waals surface area contributed by atoms with Crippen molar-refractivity contribution in [1.82, 2.24) is 10.2 Å². The molecule has 0 aromatic heterocycles. The normalized spacial score (nSPS) is 19.5. The van der Waals surface area contributed by atoms with E-state index in [-0.39, 0.29) is 18.0 Å². The van der Waals surface area contributed by atoms with E-state index in [0.29, 0.717) is 19.6 Å². The number of halogens is 1. The lowest BCUT2D eigenvalue weighted by molar-refractivity contribution is 0.0195. The fourth-order valence-electron chi connectivity index (χ4n) is 2.48. The Kier molecular flexibility index (Phi) is 4.52. The van der Waals surface area contributed by atoms with E-state index in [1.54, 1.807) is 11.0 Å². The fraction of sp³-hybridized carbons (Fsp3) is 0.562. The van der Waals surface area contributed by atoms with Crippen LogP contribution in [0.4, 0.5) is 9.18 Å². The smallest absolute Gasteiger partial charge is 0.410 e. The molecule has 1 aliphatic rings. The summed E-state index contributed by atoms with van der Waals surface area (Å²) in [5.41, 5.74) is 1.41. The highest BCUT2D eigenvalue weighted by atomic mass is 19.1. The first-order valence-corrected chi connectivity index (χ1v) is 7.23. The van der Waals surface area contributed by atoms with Crippen molar-refractivity contribution in [2.75, 3.05) is 19.6 Å². The van der Waals surface area contributed by atoms with E-state index in [2.05, 4.69) is 5.32 Å². The van der Waals surface area contributed by atoms with E-state index < -0.39 is 5.60 Å². The standard InChI is InChI=1S/C16H23FN2O2/c1-11-9-12(17)5-6-13(11)14-10-19(8-7-18-14)15(20)21-16(2,3)4/h5-6,9,14,18H,7-8,10H2,1-4H3. The van der Waals surface area contributed by atoms with Gasteiger partial charge in [0, 0.05) is 19.6 Å². The molecule has 5 heteroatoms. The van der Waals surface area contributed by atoms with Gasteiger partial charge >= 0.3 is 6.09 Å². The zero-order valence-corrected chi connectivity index (χ0v) is 13.1. The van der Waals surface area contributed by atoms with Crippen molar-refractivity contribution in [3.63, 3.8) is 0 Å². The number of rotatable bonds is 1. The molecular formula is C16H23FN2O2. The molecule has 0 aliphatic carbocycles. The van der Waals surface area contributed by atoms with Gasteiger partial charge in [-0.25, -0.2) is 9.18 Å². The van der Waals surface area contributed by atoms with E-state index in [1.807, 2.05) is 27.7 Å². The average molecular weight is 294 g/mol. The minimum Gasteiger partial charge on any atom is -0.444 e. The number of hydrogen-bond donors (Lipinski definition) is 1. The molecule has 1 atom stereocenters. The number of amides is 1. The van der Waals surface area contributed by atoms with Gasteiger partial charge < -0.3 is 15.0 Å². The zero-order chi connectivity index (χ0) is 15.6. The fourth-order valence-corrected chi connectivity index (χ4v) is 2.48. The van der Waals surface area contributed by atoms with E-state index >= 15 is 0 Å². The SMILES string of the molecule is Cc1cc(F)ccc1C1CN(C(=O)OC(C)(C)C)CCN1. The van der Waals surface area contributed by atoms with Gasteiger partial charge in [-0.05, 0) is 51.0 Å². The number of nitrogens with one attached hydrogen (secondary N) is 1. The summed E-state index contributed by atoms with van der Waals surface area (Å²) in [4.78, 5) is 13.8. The maximum atomic E-state index is 13.2. The molecule has 1 saturated heterocycles. The Morgan fingerprint density at radius 2 is 2.14 bits per heavy atom. The van der Waals surface area contributed by atoms with Crippen molar-refractivity contribution < 1.29 is 13.9 Å². The summed E-state index contributed by atoms with van der Waals surface area (Å²) < 4.78 is 18.6. The summed E-state index contributed by atoms with van der Waals surface area (Å²) >= 11 is 0. The molecule has 1 unspecified atom stereocenters. The highest BCUT2D eigenvalue weighted by Gasteiger charge is 2.28. The van der Waals surface area contributed by atoms with Crippen LogP contribution in [0.25, 0.3) is 0 Å². The number of nitrogens with zero attached hydrogens (tertiary/aromatic N) is 1. The first-order valence-electron chi connectivity index (χ1n) is 7.23. The summed E-state index contributed by atoms with van der Waals surface area (Å²) in [6, 6.07) is 4.76. The lowest BCUT2D eigenvalue weighted by Gasteiger charge is -2.35. The van der Waals surface area contributed by atoms with Gasteiger partial charge in [-0.3, -0.25) is 0 Å². The maximum absolute atomic E-state index is 13.2. The van der Waals surface area contributed by atoms with Crippen molar-refractivity contribution in [3.8, 4) is 0 Å². The average Bonchev–Trinajstić information content (AvgIpc) is 2.37. The second-order valence-corrected chi connectivity index (χ2v) is 6.43. The minimum atomic E-state index is -0.497. The van der Waals surface area contributed by atoms with Crippen LogP contribution < -0.4 is 5.32 Å². The predicted octanol–water partition coefficient (Wildman–Crippen LogP) is 3.02. The molecule has 1 aromatic carbocycles. The van der Waals surface area contributed by atoms with Crippen LogP contribution in [0.15, 0.2) is 18.2 Å². The number of carbonyl (C=O) groups excluding carboxylic acids is 1. The Balaban J connectivity index is 2.08. The molecule has 1 amide bonds. The van der Waals surface area contributed by atoms with Crippen LogP contribution in [0.3, 0.4) is 0 Å². The van der Waals surface area contributed by atoms with Crippen LogP contribution in [-0.4, -0.2) is 36.2 Å². The molecule has 2 rings (SSSR count). The van der Waals surface area contributed by atoms with Gasteiger partial charge in [0.2, 0.25) is 0 Å². The molecule has 0 bridgehead atoms. The quantitative estimate of drug-likeness (QED) is 0.865. The number of benzene rings is 1. The van der Waals surface area contributed by atoms with Crippen LogP contribution in [0, 0.1) is 12.7 Å². The molecule has 1 heterocycles. The second-order valence-electron chi connectivity index (χ2n) is 6.43. The first kappa shape index (κ1) is 15.8. The molecule has 0 spiro atoms. The minimum absolute atomic E-state index is 0.00636. The Morgan fingerprint density at radius 3 is 2.76 bits per heavy atom. The summed E-state index contributed by atoms with van der Waals surface area (Å²) in [5, 5.41) is 3.37. The van der Waals surface area contributed by atoms with Crippen LogP contribution >= 0.6 is 0 Å². The number of carbonyl (C=O) groups is 1. The molecule has 1 fully saturated rings. The first-order chi connectivity index (χ1) is 9.76. The lowest BCUT2D eigenvalue weighted by atomic mass is 9.99. The monoisotopic (exact) mass is 294 g/mol. The number of aryl methyl sites for hydroxylation is 1. The molecule has 1 N–H and O–H groups in total. The Morgan fingerprint density at radius 1 is 1.43 bits per heavy atom. The number of ether oxygens (including phenoxy) is 1. The predicted molar refractivity (Wildman–Crippen MR) is 79.7 cm³/mol. The molecule has 0 radical (unpaired) electrons. The third kappa shape index (κ3) is 4.17. The van der Waals surface area contributed by atoms with Crippen molar-refractivity contribution in [2.24, 2.45) is 0 Å². The van der Waals surface area contributed by atoms with Gasteiger partial charge in [-0.1, -0.05) is 6.07 Å². The van der Waals surface area contributed by atoms with Crippen molar-refractivity contribution >= 4 is 6.09 Å². The van der Waals surface area contributed by atoms with Crippen LogP contribution in [0.1, 0.15) is 37.9 Å². The van der Waals surface area contributed by atoms with Gasteiger partial charge in [-0.2, -0.15) is 0 Å². The molecule has 21 heavy (non-hydrogen) atoms. The van der Waals surface area contributed by atoms with Crippen LogP contribution in [0.2, 0.25) is 0 Å². The topological polar surface area (TPSA) is 41.6 Å². The van der Waals surface area contributed by atoms with E-state index in [1.165, 1.54) is 12.1 Å². The third-order valence-corrected chi connectivity index (χ3v) is 3.43. The summed E-state index contributed by atoms with van der Waals surface area (Å²) in [7, 11) is 0. The molecule has 116 valence electrons. The molecule has 4 nitrogen and oxygen atoms in total. The van der Waals surface area contributed by atoms with Gasteiger partial charge in [0.05, 0.1) is 6.04 Å². The van der Waals surface area contributed by atoms with Crippen LogP contribution in [-0.2, 0) is 4.74 Å². The third-order valence-electron chi connectivity index (χ3n) is 3.43. The maximum Gasteiger partial charge on any atom is 0.410 e. The van der Waals surface area contributed by atoms with E-state index in [4.69, 9.17) is 4.74 Å². The Labute approximate surface area is 125 Å². The van der Waals surface area contributed by atoms with E-state index in [0.717, 1.165) is 11.1 Å². The van der Waals surface area contributed by atoms with Gasteiger partial charge in [0.1, 0.15) is 11.4 Å². The molecule has 1 aromatic rings. The largest absolute Gasteiger partial charge is 0.444 e. The van der Waals surface area contributed by atoms with Gasteiger partial charge in [-0.15, -0.1) is 0 Å². The second kappa shape index (κ2) is 6.02. The Bertz CT molecular complexity index is 525. The Hall–Kier alpha value is -1.62. The summed E-state index contributed by atoms with van der Waals surface area (Å²) in [6.45, 7) is 9.29. The van der Waals surface area contributed by atoms with E-state index in [9.17, 15) is 9.18 Å². The van der Waals surface area contributed by atoms with Gasteiger partial charge in [0.25, 0.3) is 0 Å². The van der Waals surface area contributed by atoms with Crippen molar-refractivity contribution in [3.05, 3.63) is 35.1 Å². The number of piperazine rings is 1. The van der Waals surface area contributed by atoms with Crippen molar-refractivity contribution in [2.45, 2.75) is 39.3 Å². The zero-order valence-electron chi connectivity index (χ0n) is 13.1. The molecule has 1 aliphatic heterocycles. The van der Waals surface area contributed by atoms with Crippen molar-refractivity contribution in [1.29, 1.82) is 0 Å². The summed E-state index contributed by atoms with van der Waals surface area (Å²) in [5.74, 6) is -0.240. The molecular weight excluding hydrogens is 271 g/mol. The number of hydrogen-bond acceptors (Lipinski definition) is 3. The highest BCUT2D eigenvalue weighted by molar-refractivity contribution is 5.68. The van der Waals surface area contributed by atoms with Gasteiger partial charge in [0.15, 0.2) is 0 Å². The summed E-state index contributed by atoms with van der Waals surface area (Å²) in [6.07, 6.45) is -0.297. The highest BCUT2D eigenvalue weighted by Crippen LogP contribution is 2.22. The lowest BCUT2D eigenvalue weighted by Crippen LogP contribution is -2.49. The molecule has 0 saturated carbocycles. The van der Waals surface area contributed by atoms with Crippen LogP contribution in [0.5, 0.6) is 0 Å².